The van der Waals surface area contributed by atoms with E-state index in [9.17, 15) is 4.79 Å². The lowest BCUT2D eigenvalue weighted by Crippen LogP contribution is -2.32. The summed E-state index contributed by atoms with van der Waals surface area (Å²) in [4.78, 5) is 11.5. The molecule has 0 bridgehead atoms. The highest BCUT2D eigenvalue weighted by Crippen LogP contribution is 2.17. The minimum Gasteiger partial charge on any atom is -0.361 e. The summed E-state index contributed by atoms with van der Waals surface area (Å²) < 4.78 is 4.81. The van der Waals surface area contributed by atoms with Gasteiger partial charge < -0.3 is 15.2 Å². The van der Waals surface area contributed by atoms with E-state index in [0.717, 1.165) is 6.54 Å². The van der Waals surface area contributed by atoms with Crippen LogP contribution in [0.1, 0.15) is 29.0 Å². The van der Waals surface area contributed by atoms with Crippen molar-refractivity contribution in [3.63, 3.8) is 0 Å². The van der Waals surface area contributed by atoms with Crippen molar-refractivity contribution in [3.8, 4) is 0 Å². The molecule has 0 unspecified atom stereocenters. The van der Waals surface area contributed by atoms with E-state index in [1.165, 1.54) is 19.0 Å². The van der Waals surface area contributed by atoms with E-state index in [1.54, 1.807) is 6.92 Å². The van der Waals surface area contributed by atoms with Gasteiger partial charge in [-0.1, -0.05) is 5.16 Å². The highest BCUT2D eigenvalue weighted by molar-refractivity contribution is 5.94. The number of aromatic nitrogens is 1. The zero-order valence-corrected chi connectivity index (χ0v) is 8.75. The summed E-state index contributed by atoms with van der Waals surface area (Å²) in [5.74, 6) is 0.439. The molecule has 1 aliphatic rings. The number of carbonyl (C=O) groups is 1. The first kappa shape index (κ1) is 10.2. The highest BCUT2D eigenvalue weighted by atomic mass is 16.5. The summed E-state index contributed by atoms with van der Waals surface area (Å²) in [5.41, 5.74) is 0.515. The van der Waals surface area contributed by atoms with Crippen LogP contribution >= 0.6 is 0 Å². The summed E-state index contributed by atoms with van der Waals surface area (Å²) in [5, 5.41) is 9.68. The number of carbonyl (C=O) groups excluding carboxylic acids is 1. The van der Waals surface area contributed by atoms with E-state index >= 15 is 0 Å². The molecule has 1 aromatic heterocycles. The van der Waals surface area contributed by atoms with Crippen LogP contribution < -0.4 is 10.6 Å². The summed E-state index contributed by atoms with van der Waals surface area (Å²) in [7, 11) is 0. The molecule has 0 spiro atoms. The molecule has 15 heavy (non-hydrogen) atoms. The van der Waals surface area contributed by atoms with Gasteiger partial charge in [0.2, 0.25) is 0 Å². The number of nitrogens with one attached hydrogen (secondary N) is 2. The van der Waals surface area contributed by atoms with Crippen LogP contribution in [0.4, 0.5) is 0 Å². The van der Waals surface area contributed by atoms with Gasteiger partial charge in [0.15, 0.2) is 0 Å². The molecular weight excluding hydrogens is 194 g/mol. The van der Waals surface area contributed by atoms with Crippen LogP contribution in [0.25, 0.3) is 0 Å². The zero-order chi connectivity index (χ0) is 10.7. The van der Waals surface area contributed by atoms with Crippen LogP contribution in [0, 0.1) is 6.92 Å². The average molecular weight is 209 g/mol. The first-order chi connectivity index (χ1) is 7.27. The third-order valence-corrected chi connectivity index (χ3v) is 2.42. The van der Waals surface area contributed by atoms with Crippen molar-refractivity contribution < 1.29 is 9.32 Å². The Morgan fingerprint density at radius 1 is 1.60 bits per heavy atom. The second kappa shape index (κ2) is 4.44. The van der Waals surface area contributed by atoms with Gasteiger partial charge in [-0.25, -0.2) is 0 Å². The van der Waals surface area contributed by atoms with Crippen LogP contribution in [0.5, 0.6) is 0 Å². The second-order valence-electron chi connectivity index (χ2n) is 3.78. The van der Waals surface area contributed by atoms with Crippen LogP contribution in [-0.4, -0.2) is 30.2 Å². The molecule has 1 amide bonds. The van der Waals surface area contributed by atoms with Crippen molar-refractivity contribution in [2.24, 2.45) is 0 Å². The Bertz CT molecular complexity index is 344. The molecule has 1 saturated carbocycles. The van der Waals surface area contributed by atoms with E-state index < -0.39 is 0 Å². The van der Waals surface area contributed by atoms with E-state index in [-0.39, 0.29) is 5.91 Å². The third kappa shape index (κ3) is 2.79. The molecule has 1 aromatic rings. The Kier molecular flexibility index (Phi) is 3.01. The molecule has 0 atom stereocenters. The summed E-state index contributed by atoms with van der Waals surface area (Å²) in [6.45, 7) is 3.19. The van der Waals surface area contributed by atoms with Crippen LogP contribution in [0.15, 0.2) is 10.7 Å². The Hall–Kier alpha value is -1.36. The predicted molar refractivity (Wildman–Crippen MR) is 54.6 cm³/mol. The monoisotopic (exact) mass is 209 g/mol. The summed E-state index contributed by atoms with van der Waals surface area (Å²) >= 11 is 0. The average Bonchev–Trinajstić information content (AvgIpc) is 2.94. The summed E-state index contributed by atoms with van der Waals surface area (Å²) in [6, 6.07) is 0.680. The van der Waals surface area contributed by atoms with Gasteiger partial charge in [-0.15, -0.1) is 0 Å². The predicted octanol–water partition coefficient (Wildman–Crippen LogP) is 0.465. The molecule has 0 radical (unpaired) electrons. The fourth-order valence-corrected chi connectivity index (χ4v) is 1.35. The van der Waals surface area contributed by atoms with E-state index in [1.807, 2.05) is 0 Å². The molecule has 2 rings (SSSR count). The number of hydrogen-bond donors (Lipinski definition) is 2. The quantitative estimate of drug-likeness (QED) is 0.691. The van der Waals surface area contributed by atoms with Gasteiger partial charge in [-0.2, -0.15) is 0 Å². The van der Waals surface area contributed by atoms with Gasteiger partial charge in [0.25, 0.3) is 5.91 Å². The van der Waals surface area contributed by atoms with Crippen LogP contribution in [-0.2, 0) is 0 Å². The second-order valence-corrected chi connectivity index (χ2v) is 3.78. The third-order valence-electron chi connectivity index (χ3n) is 2.42. The maximum absolute atomic E-state index is 11.5. The Morgan fingerprint density at radius 2 is 2.40 bits per heavy atom. The topological polar surface area (TPSA) is 67.2 Å². The Labute approximate surface area is 88.2 Å². The maximum Gasteiger partial charge on any atom is 0.256 e. The van der Waals surface area contributed by atoms with E-state index in [0.29, 0.717) is 23.9 Å². The SMILES string of the molecule is Cc1oncc1C(=O)NCCNC1CC1. The molecule has 82 valence electrons. The summed E-state index contributed by atoms with van der Waals surface area (Å²) in [6.07, 6.45) is 3.97. The first-order valence-electron chi connectivity index (χ1n) is 5.20. The van der Waals surface area contributed by atoms with E-state index in [4.69, 9.17) is 4.52 Å². The number of nitrogens with zero attached hydrogens (tertiary/aromatic N) is 1. The molecule has 5 heteroatoms. The molecular formula is C10H15N3O2. The maximum atomic E-state index is 11.5. The largest absolute Gasteiger partial charge is 0.361 e. The molecule has 1 aliphatic carbocycles. The van der Waals surface area contributed by atoms with E-state index in [2.05, 4.69) is 15.8 Å². The molecule has 1 heterocycles. The minimum absolute atomic E-state index is 0.119. The first-order valence-corrected chi connectivity index (χ1v) is 5.20. The molecule has 0 saturated heterocycles. The normalized spacial score (nSPS) is 15.3. The minimum atomic E-state index is -0.119. The highest BCUT2D eigenvalue weighted by Gasteiger charge is 2.19. The van der Waals surface area contributed by atoms with Crippen molar-refractivity contribution in [3.05, 3.63) is 17.5 Å². The lowest BCUT2D eigenvalue weighted by Gasteiger charge is -2.04. The number of hydrogen-bond acceptors (Lipinski definition) is 4. The van der Waals surface area contributed by atoms with Gasteiger partial charge in [0.1, 0.15) is 11.3 Å². The fourth-order valence-electron chi connectivity index (χ4n) is 1.35. The van der Waals surface area contributed by atoms with Crippen molar-refractivity contribution in [2.75, 3.05) is 13.1 Å². The van der Waals surface area contributed by atoms with Gasteiger partial charge in [0, 0.05) is 19.1 Å². The van der Waals surface area contributed by atoms with Crippen LogP contribution in [0.3, 0.4) is 0 Å². The van der Waals surface area contributed by atoms with Gasteiger partial charge in [-0.3, -0.25) is 4.79 Å². The molecule has 0 aliphatic heterocycles. The van der Waals surface area contributed by atoms with Gasteiger partial charge in [0.05, 0.1) is 6.20 Å². The Balaban J connectivity index is 1.69. The van der Waals surface area contributed by atoms with Gasteiger partial charge in [-0.05, 0) is 19.8 Å². The number of amides is 1. The molecule has 5 nitrogen and oxygen atoms in total. The van der Waals surface area contributed by atoms with Crippen molar-refractivity contribution in [2.45, 2.75) is 25.8 Å². The van der Waals surface area contributed by atoms with Crippen molar-refractivity contribution in [1.29, 1.82) is 0 Å². The van der Waals surface area contributed by atoms with Crippen molar-refractivity contribution >= 4 is 5.91 Å². The van der Waals surface area contributed by atoms with Crippen molar-refractivity contribution in [1.82, 2.24) is 15.8 Å². The van der Waals surface area contributed by atoms with Gasteiger partial charge >= 0.3 is 0 Å². The number of rotatable bonds is 5. The molecule has 2 N–H and O–H groups in total. The standard InChI is InChI=1S/C10H15N3O2/c1-7-9(6-13-15-7)10(14)12-5-4-11-8-2-3-8/h6,8,11H,2-5H2,1H3,(H,12,14). The molecule has 1 fully saturated rings. The lowest BCUT2D eigenvalue weighted by molar-refractivity contribution is 0.0952. The smallest absolute Gasteiger partial charge is 0.256 e. The Morgan fingerprint density at radius 3 is 3.00 bits per heavy atom. The lowest BCUT2D eigenvalue weighted by atomic mass is 10.2. The number of aryl methyl sites for hydroxylation is 1. The van der Waals surface area contributed by atoms with Crippen LogP contribution in [0.2, 0.25) is 0 Å². The zero-order valence-electron chi connectivity index (χ0n) is 8.75. The fraction of sp³-hybridized carbons (Fsp3) is 0.600. The molecule has 0 aromatic carbocycles.